The molecule has 0 saturated carbocycles. The number of nitrogens with one attached hydrogen (secondary N) is 1. The topological polar surface area (TPSA) is 82.6 Å². The SMILES string of the molecule is COc1ccc2[nH]cc(CCN3C(=O)C(=O)/C(=C(\O)c4ccc(F)cc4)C3c3ccccc3F)c2c1. The number of H-pyrrole nitrogens is 1. The summed E-state index contributed by atoms with van der Waals surface area (Å²) in [6.45, 7) is 0.0912. The highest BCUT2D eigenvalue weighted by Crippen LogP contribution is 2.40. The summed E-state index contributed by atoms with van der Waals surface area (Å²) >= 11 is 0. The number of carbonyl (C=O) groups excluding carboxylic acids is 2. The number of aliphatic hydroxyl groups excluding tert-OH is 1. The summed E-state index contributed by atoms with van der Waals surface area (Å²) in [5.41, 5.74) is 1.77. The van der Waals surface area contributed by atoms with E-state index in [9.17, 15) is 23.5 Å². The molecule has 2 heterocycles. The number of aromatic amines is 1. The number of hydrogen-bond donors (Lipinski definition) is 2. The van der Waals surface area contributed by atoms with Crippen LogP contribution in [-0.2, 0) is 16.0 Å². The average Bonchev–Trinajstić information content (AvgIpc) is 3.40. The Morgan fingerprint density at radius 1 is 1.06 bits per heavy atom. The van der Waals surface area contributed by atoms with Gasteiger partial charge in [0.05, 0.1) is 18.7 Å². The second-order valence-electron chi connectivity index (χ2n) is 8.50. The third-order valence-corrected chi connectivity index (χ3v) is 6.45. The van der Waals surface area contributed by atoms with Crippen LogP contribution >= 0.6 is 0 Å². The minimum absolute atomic E-state index is 0.0842. The summed E-state index contributed by atoms with van der Waals surface area (Å²) in [6, 6.07) is 15.1. The molecule has 5 rings (SSSR count). The van der Waals surface area contributed by atoms with Gasteiger partial charge in [0.1, 0.15) is 23.1 Å². The first-order valence-electron chi connectivity index (χ1n) is 11.3. The van der Waals surface area contributed by atoms with Gasteiger partial charge in [0.25, 0.3) is 11.7 Å². The van der Waals surface area contributed by atoms with Gasteiger partial charge in [-0.1, -0.05) is 18.2 Å². The monoisotopic (exact) mass is 488 g/mol. The summed E-state index contributed by atoms with van der Waals surface area (Å²) in [7, 11) is 1.57. The van der Waals surface area contributed by atoms with Gasteiger partial charge in [-0.15, -0.1) is 0 Å². The van der Waals surface area contributed by atoms with E-state index in [0.29, 0.717) is 12.2 Å². The standard InChI is InChI=1S/C28H22F2N2O4/c1-36-19-10-11-23-21(14-19)17(15-31-23)12-13-32-25(20-4-2-3-5-22(20)30)24(27(34)28(32)35)26(33)16-6-8-18(29)9-7-16/h2-11,14-15,25,31,33H,12-13H2,1H3/b26-24-. The summed E-state index contributed by atoms with van der Waals surface area (Å²) < 4.78 is 33.7. The highest BCUT2D eigenvalue weighted by atomic mass is 19.1. The number of aromatic nitrogens is 1. The minimum atomic E-state index is -1.14. The second kappa shape index (κ2) is 9.30. The predicted molar refractivity (Wildman–Crippen MR) is 130 cm³/mol. The van der Waals surface area contributed by atoms with Crippen LogP contribution < -0.4 is 4.74 Å². The van der Waals surface area contributed by atoms with E-state index in [1.165, 1.54) is 35.2 Å². The van der Waals surface area contributed by atoms with Gasteiger partial charge in [-0.05, 0) is 60.5 Å². The quantitative estimate of drug-likeness (QED) is 0.224. The Morgan fingerprint density at radius 2 is 1.81 bits per heavy atom. The number of ether oxygens (including phenoxy) is 1. The molecule has 0 bridgehead atoms. The lowest BCUT2D eigenvalue weighted by Gasteiger charge is -2.25. The van der Waals surface area contributed by atoms with Crippen LogP contribution in [0.2, 0.25) is 0 Å². The van der Waals surface area contributed by atoms with Crippen LogP contribution in [0.5, 0.6) is 5.75 Å². The summed E-state index contributed by atoms with van der Waals surface area (Å²) in [6.07, 6.45) is 2.18. The molecule has 182 valence electrons. The van der Waals surface area contributed by atoms with Gasteiger partial charge < -0.3 is 19.7 Å². The van der Waals surface area contributed by atoms with Crippen molar-refractivity contribution in [3.05, 3.63) is 107 Å². The molecule has 1 saturated heterocycles. The molecule has 6 nitrogen and oxygen atoms in total. The molecule has 1 fully saturated rings. The van der Waals surface area contributed by atoms with E-state index in [-0.39, 0.29) is 23.2 Å². The number of amides is 1. The smallest absolute Gasteiger partial charge is 0.295 e. The van der Waals surface area contributed by atoms with Gasteiger partial charge in [0, 0.05) is 34.8 Å². The van der Waals surface area contributed by atoms with E-state index in [0.717, 1.165) is 28.6 Å². The summed E-state index contributed by atoms with van der Waals surface area (Å²) in [4.78, 5) is 30.7. The third kappa shape index (κ3) is 4.00. The fourth-order valence-electron chi connectivity index (χ4n) is 4.63. The Bertz CT molecular complexity index is 1510. The number of ketones is 1. The Balaban J connectivity index is 1.56. The van der Waals surface area contributed by atoms with Crippen molar-refractivity contribution in [1.29, 1.82) is 0 Å². The van der Waals surface area contributed by atoms with Crippen molar-refractivity contribution in [2.45, 2.75) is 12.5 Å². The zero-order chi connectivity index (χ0) is 25.4. The Labute approximate surface area is 205 Å². The van der Waals surface area contributed by atoms with E-state index in [2.05, 4.69) is 4.98 Å². The van der Waals surface area contributed by atoms with E-state index in [4.69, 9.17) is 4.74 Å². The lowest BCUT2D eigenvalue weighted by Crippen LogP contribution is -2.32. The molecule has 1 amide bonds. The van der Waals surface area contributed by atoms with Crippen LogP contribution in [0, 0.1) is 11.6 Å². The maximum Gasteiger partial charge on any atom is 0.295 e. The number of Topliss-reactive ketones (excluding diaryl/α,β-unsaturated/α-hetero) is 1. The Kier molecular flexibility index (Phi) is 6.01. The lowest BCUT2D eigenvalue weighted by molar-refractivity contribution is -0.139. The van der Waals surface area contributed by atoms with Crippen LogP contribution in [0.15, 0.2) is 78.5 Å². The first-order valence-corrected chi connectivity index (χ1v) is 11.3. The zero-order valence-electron chi connectivity index (χ0n) is 19.3. The minimum Gasteiger partial charge on any atom is -0.507 e. The van der Waals surface area contributed by atoms with Gasteiger partial charge >= 0.3 is 0 Å². The zero-order valence-corrected chi connectivity index (χ0v) is 19.3. The molecule has 2 N–H and O–H groups in total. The van der Waals surface area contributed by atoms with Gasteiger partial charge in [-0.3, -0.25) is 9.59 Å². The number of methoxy groups -OCH3 is 1. The van der Waals surface area contributed by atoms with Gasteiger partial charge in [0.2, 0.25) is 0 Å². The van der Waals surface area contributed by atoms with E-state index < -0.39 is 35.1 Å². The molecule has 0 spiro atoms. The molecule has 1 unspecified atom stereocenters. The Morgan fingerprint density at radius 3 is 2.53 bits per heavy atom. The first-order chi connectivity index (χ1) is 17.4. The van der Waals surface area contributed by atoms with Crippen LogP contribution in [0.25, 0.3) is 16.7 Å². The van der Waals surface area contributed by atoms with E-state index in [1.54, 1.807) is 13.2 Å². The molecule has 1 aromatic heterocycles. The Hall–Kier alpha value is -4.46. The molecule has 4 aromatic rings. The third-order valence-electron chi connectivity index (χ3n) is 6.45. The van der Waals surface area contributed by atoms with Crippen molar-refractivity contribution in [3.63, 3.8) is 0 Å². The number of benzene rings is 3. The number of halogens is 2. The van der Waals surface area contributed by atoms with Gasteiger partial charge in [0.15, 0.2) is 0 Å². The molecular weight excluding hydrogens is 466 g/mol. The molecule has 0 radical (unpaired) electrons. The predicted octanol–water partition coefficient (Wildman–Crippen LogP) is 5.12. The van der Waals surface area contributed by atoms with Crippen molar-refractivity contribution in [2.24, 2.45) is 0 Å². The summed E-state index contributed by atoms with van der Waals surface area (Å²) in [5.74, 6) is -2.71. The van der Waals surface area contributed by atoms with Crippen molar-refractivity contribution >= 4 is 28.4 Å². The maximum atomic E-state index is 14.9. The summed E-state index contributed by atoms with van der Waals surface area (Å²) in [5, 5.41) is 11.9. The molecule has 1 aliphatic heterocycles. The molecule has 36 heavy (non-hydrogen) atoms. The van der Waals surface area contributed by atoms with Crippen LogP contribution in [0.4, 0.5) is 8.78 Å². The van der Waals surface area contributed by atoms with E-state index >= 15 is 0 Å². The number of rotatable bonds is 6. The van der Waals surface area contributed by atoms with Crippen molar-refractivity contribution in [2.75, 3.05) is 13.7 Å². The lowest BCUT2D eigenvalue weighted by atomic mass is 9.94. The molecule has 1 atom stereocenters. The number of carbonyl (C=O) groups is 2. The fourth-order valence-corrected chi connectivity index (χ4v) is 4.63. The number of fused-ring (bicyclic) bond motifs is 1. The number of likely N-dealkylation sites (tertiary alicyclic amines) is 1. The van der Waals surface area contributed by atoms with Crippen LogP contribution in [0.3, 0.4) is 0 Å². The van der Waals surface area contributed by atoms with Crippen molar-refractivity contribution in [3.8, 4) is 5.75 Å². The molecular formula is C28H22F2N2O4. The number of nitrogens with zero attached hydrogens (tertiary/aromatic N) is 1. The largest absolute Gasteiger partial charge is 0.507 e. The van der Waals surface area contributed by atoms with Crippen molar-refractivity contribution in [1.82, 2.24) is 9.88 Å². The molecule has 8 heteroatoms. The first kappa shape index (κ1) is 23.3. The van der Waals surface area contributed by atoms with Crippen molar-refractivity contribution < 1.29 is 28.2 Å². The highest BCUT2D eigenvalue weighted by Gasteiger charge is 2.46. The molecule has 3 aromatic carbocycles. The molecule has 1 aliphatic rings. The highest BCUT2D eigenvalue weighted by molar-refractivity contribution is 6.46. The second-order valence-corrected chi connectivity index (χ2v) is 8.50. The number of aliphatic hydroxyl groups is 1. The van der Waals surface area contributed by atoms with E-state index in [1.807, 2.05) is 24.4 Å². The van der Waals surface area contributed by atoms with Crippen LogP contribution in [0.1, 0.15) is 22.7 Å². The van der Waals surface area contributed by atoms with Crippen LogP contribution in [-0.4, -0.2) is 40.3 Å². The normalized spacial score (nSPS) is 17.2. The van der Waals surface area contributed by atoms with Gasteiger partial charge in [-0.25, -0.2) is 8.78 Å². The fraction of sp³-hybridized carbons (Fsp3) is 0.143. The molecule has 0 aliphatic carbocycles. The number of hydrogen-bond acceptors (Lipinski definition) is 4. The maximum absolute atomic E-state index is 14.9. The van der Waals surface area contributed by atoms with Gasteiger partial charge in [-0.2, -0.15) is 0 Å². The average molecular weight is 488 g/mol.